The van der Waals surface area contributed by atoms with Crippen molar-refractivity contribution in [3.63, 3.8) is 0 Å². The summed E-state index contributed by atoms with van der Waals surface area (Å²) in [5.41, 5.74) is 2.82. The SMILES string of the molecule is O=C(c1ccc(OC[C@H]2CCCO2)nc1)N1CCCc2ccccc21. The molecular formula is C20H22N2O3. The number of fused-ring (bicyclic) bond motifs is 1. The van der Waals surface area contributed by atoms with E-state index in [0.717, 1.165) is 44.5 Å². The van der Waals surface area contributed by atoms with Crippen LogP contribution in [-0.4, -0.2) is 36.8 Å². The molecule has 1 atom stereocenters. The number of carbonyl (C=O) groups excluding carboxylic acids is 1. The van der Waals surface area contributed by atoms with Gasteiger partial charge in [-0.2, -0.15) is 0 Å². The molecule has 0 saturated carbocycles. The first-order chi connectivity index (χ1) is 12.3. The minimum Gasteiger partial charge on any atom is -0.475 e. The monoisotopic (exact) mass is 338 g/mol. The summed E-state index contributed by atoms with van der Waals surface area (Å²) in [6, 6.07) is 11.7. The van der Waals surface area contributed by atoms with Crippen LogP contribution in [0.2, 0.25) is 0 Å². The number of aromatic nitrogens is 1. The summed E-state index contributed by atoms with van der Waals surface area (Å²) in [6.07, 6.45) is 5.89. The van der Waals surface area contributed by atoms with Gasteiger partial charge in [-0.25, -0.2) is 4.98 Å². The zero-order valence-corrected chi connectivity index (χ0v) is 14.2. The Morgan fingerprint density at radius 1 is 1.24 bits per heavy atom. The van der Waals surface area contributed by atoms with E-state index in [1.807, 2.05) is 23.1 Å². The number of nitrogens with zero attached hydrogens (tertiary/aromatic N) is 2. The average Bonchev–Trinajstić information content (AvgIpc) is 3.19. The van der Waals surface area contributed by atoms with E-state index < -0.39 is 0 Å². The molecule has 1 aromatic carbocycles. The van der Waals surface area contributed by atoms with Gasteiger partial charge in [-0.05, 0) is 43.4 Å². The van der Waals surface area contributed by atoms with Crippen LogP contribution in [0.5, 0.6) is 5.88 Å². The zero-order valence-electron chi connectivity index (χ0n) is 14.2. The van der Waals surface area contributed by atoms with Gasteiger partial charge in [0.05, 0.1) is 11.7 Å². The molecular weight excluding hydrogens is 316 g/mol. The van der Waals surface area contributed by atoms with Crippen molar-refractivity contribution in [3.8, 4) is 5.88 Å². The van der Waals surface area contributed by atoms with Crippen molar-refractivity contribution in [2.75, 3.05) is 24.7 Å². The van der Waals surface area contributed by atoms with Crippen molar-refractivity contribution < 1.29 is 14.3 Å². The maximum Gasteiger partial charge on any atom is 0.259 e. The zero-order chi connectivity index (χ0) is 17.1. The van der Waals surface area contributed by atoms with Gasteiger partial charge in [-0.15, -0.1) is 0 Å². The van der Waals surface area contributed by atoms with Crippen molar-refractivity contribution in [2.24, 2.45) is 0 Å². The molecule has 2 aromatic rings. The summed E-state index contributed by atoms with van der Waals surface area (Å²) in [7, 11) is 0. The molecule has 1 saturated heterocycles. The molecule has 3 heterocycles. The third kappa shape index (κ3) is 3.51. The molecule has 2 aliphatic heterocycles. The minimum atomic E-state index is -0.00896. The van der Waals surface area contributed by atoms with E-state index >= 15 is 0 Å². The number of anilines is 1. The number of hydrogen-bond donors (Lipinski definition) is 0. The molecule has 0 bridgehead atoms. The van der Waals surface area contributed by atoms with Crippen LogP contribution in [0.3, 0.4) is 0 Å². The van der Waals surface area contributed by atoms with Gasteiger partial charge in [0, 0.05) is 31.1 Å². The standard InChI is InChI=1S/C20H22N2O3/c23-20(22-11-3-6-15-5-1-2-8-18(15)22)16-9-10-19(21-13-16)25-14-17-7-4-12-24-17/h1-2,5,8-10,13,17H,3-4,6-7,11-12,14H2/t17-/m1/s1. The van der Waals surface area contributed by atoms with Gasteiger partial charge in [0.2, 0.25) is 5.88 Å². The highest BCUT2D eigenvalue weighted by atomic mass is 16.5. The van der Waals surface area contributed by atoms with E-state index in [1.54, 1.807) is 18.3 Å². The van der Waals surface area contributed by atoms with Crippen LogP contribution >= 0.6 is 0 Å². The number of para-hydroxylation sites is 1. The molecule has 1 aromatic heterocycles. The molecule has 0 unspecified atom stereocenters. The smallest absolute Gasteiger partial charge is 0.259 e. The van der Waals surface area contributed by atoms with E-state index in [1.165, 1.54) is 5.56 Å². The lowest BCUT2D eigenvalue weighted by Crippen LogP contribution is -2.35. The summed E-state index contributed by atoms with van der Waals surface area (Å²) < 4.78 is 11.2. The summed E-state index contributed by atoms with van der Waals surface area (Å²) in [5.74, 6) is 0.524. The maximum absolute atomic E-state index is 12.9. The van der Waals surface area contributed by atoms with E-state index in [-0.39, 0.29) is 12.0 Å². The van der Waals surface area contributed by atoms with Crippen LogP contribution in [0, 0.1) is 0 Å². The van der Waals surface area contributed by atoms with Gasteiger partial charge in [0.15, 0.2) is 0 Å². The van der Waals surface area contributed by atoms with E-state index in [0.29, 0.717) is 18.1 Å². The third-order valence-corrected chi connectivity index (χ3v) is 4.78. The highest BCUT2D eigenvalue weighted by Gasteiger charge is 2.23. The summed E-state index contributed by atoms with van der Waals surface area (Å²) >= 11 is 0. The first-order valence-electron chi connectivity index (χ1n) is 8.91. The second kappa shape index (κ2) is 7.23. The van der Waals surface area contributed by atoms with Crippen LogP contribution in [0.1, 0.15) is 35.2 Å². The Balaban J connectivity index is 1.44. The van der Waals surface area contributed by atoms with Gasteiger partial charge in [0.1, 0.15) is 6.61 Å². The summed E-state index contributed by atoms with van der Waals surface area (Å²) in [6.45, 7) is 2.07. The Kier molecular flexibility index (Phi) is 4.65. The first kappa shape index (κ1) is 16.1. The number of pyridine rings is 1. The average molecular weight is 338 g/mol. The Morgan fingerprint density at radius 3 is 2.96 bits per heavy atom. The second-order valence-electron chi connectivity index (χ2n) is 6.52. The van der Waals surface area contributed by atoms with E-state index in [9.17, 15) is 4.79 Å². The molecule has 1 amide bonds. The Hall–Kier alpha value is -2.40. The fraction of sp³-hybridized carbons (Fsp3) is 0.400. The summed E-state index contributed by atoms with van der Waals surface area (Å²) in [5, 5.41) is 0. The van der Waals surface area contributed by atoms with E-state index in [4.69, 9.17) is 9.47 Å². The maximum atomic E-state index is 12.9. The van der Waals surface area contributed by atoms with Crippen molar-refractivity contribution in [2.45, 2.75) is 31.8 Å². The molecule has 5 heteroatoms. The van der Waals surface area contributed by atoms with Gasteiger partial charge in [-0.3, -0.25) is 4.79 Å². The predicted molar refractivity (Wildman–Crippen MR) is 95.1 cm³/mol. The molecule has 0 radical (unpaired) electrons. The van der Waals surface area contributed by atoms with Crippen LogP contribution in [-0.2, 0) is 11.2 Å². The minimum absolute atomic E-state index is 0.00896. The molecule has 0 spiro atoms. The highest BCUT2D eigenvalue weighted by molar-refractivity contribution is 6.06. The van der Waals surface area contributed by atoms with Gasteiger partial charge in [-0.1, -0.05) is 18.2 Å². The number of amides is 1. The number of carbonyl (C=O) groups is 1. The second-order valence-corrected chi connectivity index (χ2v) is 6.52. The molecule has 5 nitrogen and oxygen atoms in total. The molecule has 130 valence electrons. The molecule has 25 heavy (non-hydrogen) atoms. The first-order valence-corrected chi connectivity index (χ1v) is 8.91. The largest absolute Gasteiger partial charge is 0.475 e. The van der Waals surface area contributed by atoms with Crippen molar-refractivity contribution >= 4 is 11.6 Å². The van der Waals surface area contributed by atoms with Gasteiger partial charge >= 0.3 is 0 Å². The molecule has 0 aliphatic carbocycles. The quantitative estimate of drug-likeness (QED) is 0.859. The van der Waals surface area contributed by atoms with Gasteiger partial charge < -0.3 is 14.4 Å². The van der Waals surface area contributed by atoms with Crippen molar-refractivity contribution in [3.05, 3.63) is 53.7 Å². The number of rotatable bonds is 4. The highest BCUT2D eigenvalue weighted by Crippen LogP contribution is 2.28. The van der Waals surface area contributed by atoms with Crippen LogP contribution in [0.4, 0.5) is 5.69 Å². The van der Waals surface area contributed by atoms with Crippen LogP contribution < -0.4 is 9.64 Å². The van der Waals surface area contributed by atoms with Crippen LogP contribution in [0.25, 0.3) is 0 Å². The van der Waals surface area contributed by atoms with Crippen molar-refractivity contribution in [1.29, 1.82) is 0 Å². The summed E-state index contributed by atoms with van der Waals surface area (Å²) in [4.78, 5) is 19.0. The van der Waals surface area contributed by atoms with Crippen LogP contribution in [0.15, 0.2) is 42.6 Å². The number of benzene rings is 1. The molecule has 1 fully saturated rings. The lowest BCUT2D eigenvalue weighted by atomic mass is 10.0. The fourth-order valence-electron chi connectivity index (χ4n) is 3.45. The Bertz CT molecular complexity index is 739. The molecule has 4 rings (SSSR count). The Labute approximate surface area is 147 Å². The number of aryl methyl sites for hydroxylation is 1. The van der Waals surface area contributed by atoms with E-state index in [2.05, 4.69) is 11.1 Å². The normalized spacial score (nSPS) is 19.5. The molecule has 0 N–H and O–H groups in total. The predicted octanol–water partition coefficient (Wildman–Crippen LogP) is 3.23. The lowest BCUT2D eigenvalue weighted by Gasteiger charge is -2.29. The lowest BCUT2D eigenvalue weighted by molar-refractivity contribution is 0.0663. The number of hydrogen-bond acceptors (Lipinski definition) is 4. The third-order valence-electron chi connectivity index (χ3n) is 4.78. The number of ether oxygens (including phenoxy) is 2. The fourth-order valence-corrected chi connectivity index (χ4v) is 3.45. The molecule has 2 aliphatic rings. The van der Waals surface area contributed by atoms with Crippen molar-refractivity contribution in [1.82, 2.24) is 4.98 Å². The van der Waals surface area contributed by atoms with Gasteiger partial charge in [0.25, 0.3) is 5.91 Å². The Morgan fingerprint density at radius 2 is 2.16 bits per heavy atom. The topological polar surface area (TPSA) is 51.7 Å².